The first-order chi connectivity index (χ1) is 16.6. The first kappa shape index (κ1) is 21.7. The van der Waals surface area contributed by atoms with Crippen LogP contribution in [0.25, 0.3) is 28.1 Å². The lowest BCUT2D eigenvalue weighted by atomic mass is 10.0. The zero-order valence-electron chi connectivity index (χ0n) is 19.2. The highest BCUT2D eigenvalue weighted by atomic mass is 16.1. The molecule has 1 atom stereocenters. The second-order valence-corrected chi connectivity index (χ2v) is 8.40. The predicted molar refractivity (Wildman–Crippen MR) is 135 cm³/mol. The third-order valence-electron chi connectivity index (χ3n) is 5.90. The summed E-state index contributed by atoms with van der Waals surface area (Å²) in [6, 6.07) is 16.4. The number of nitrogens with zero attached hydrogens (tertiary/aromatic N) is 3. The molecule has 172 valence electrons. The van der Waals surface area contributed by atoms with Gasteiger partial charge in [-0.25, -0.2) is 9.97 Å². The monoisotopic (exact) mass is 453 g/mol. The van der Waals surface area contributed by atoms with Gasteiger partial charge in [0.05, 0.1) is 23.0 Å². The van der Waals surface area contributed by atoms with Crippen molar-refractivity contribution in [3.05, 3.63) is 94.9 Å². The van der Waals surface area contributed by atoms with Gasteiger partial charge < -0.3 is 25.2 Å². The molecular weight excluding hydrogens is 426 g/mol. The number of hydrogen-bond acceptors (Lipinski definition) is 5. The lowest BCUT2D eigenvalue weighted by molar-refractivity contribution is 0.650. The van der Waals surface area contributed by atoms with Crippen LogP contribution in [0, 0.1) is 6.92 Å². The Morgan fingerprint density at radius 1 is 1.15 bits per heavy atom. The highest BCUT2D eigenvalue weighted by Gasteiger charge is 2.18. The van der Waals surface area contributed by atoms with Gasteiger partial charge in [0.15, 0.2) is 0 Å². The predicted octanol–water partition coefficient (Wildman–Crippen LogP) is 3.65. The largest absolute Gasteiger partial charge is 0.380 e. The number of fused-ring (bicyclic) bond motifs is 1. The van der Waals surface area contributed by atoms with Gasteiger partial charge in [-0.05, 0) is 49.7 Å². The van der Waals surface area contributed by atoms with Gasteiger partial charge in [-0.15, -0.1) is 0 Å². The van der Waals surface area contributed by atoms with Crippen LogP contribution in [0.15, 0.2) is 78.2 Å². The number of aromatic amines is 2. The Balaban J connectivity index is 1.53. The van der Waals surface area contributed by atoms with Crippen molar-refractivity contribution in [1.29, 1.82) is 0 Å². The Hall–Kier alpha value is -4.17. The van der Waals surface area contributed by atoms with Crippen LogP contribution in [-0.2, 0) is 6.42 Å². The summed E-state index contributed by atoms with van der Waals surface area (Å²) in [7, 11) is 1.93. The number of anilines is 1. The van der Waals surface area contributed by atoms with E-state index in [2.05, 4.69) is 43.8 Å². The van der Waals surface area contributed by atoms with Gasteiger partial charge in [0, 0.05) is 36.9 Å². The Kier molecular flexibility index (Phi) is 5.97. The van der Waals surface area contributed by atoms with E-state index in [9.17, 15) is 4.79 Å². The molecule has 5 rings (SSSR count). The molecule has 3 aromatic heterocycles. The summed E-state index contributed by atoms with van der Waals surface area (Å²) in [6.45, 7) is 2.76. The average Bonchev–Trinajstić information content (AvgIpc) is 3.50. The molecule has 34 heavy (non-hydrogen) atoms. The lowest BCUT2D eigenvalue weighted by Gasteiger charge is -2.21. The molecule has 4 N–H and O–H groups in total. The van der Waals surface area contributed by atoms with Gasteiger partial charge in [0.1, 0.15) is 11.4 Å². The first-order valence-electron chi connectivity index (χ1n) is 11.3. The molecule has 0 unspecified atom stereocenters. The van der Waals surface area contributed by atoms with Crippen molar-refractivity contribution in [1.82, 2.24) is 29.8 Å². The van der Waals surface area contributed by atoms with Gasteiger partial charge >= 0.3 is 0 Å². The molecule has 2 aromatic carbocycles. The fraction of sp³-hybridized carbons (Fsp3) is 0.192. The molecule has 0 fully saturated rings. The topological polar surface area (TPSA) is 103 Å². The molecule has 5 aromatic rings. The first-order valence-corrected chi connectivity index (χ1v) is 11.3. The number of nitrogens with one attached hydrogen (secondary N) is 4. The van der Waals surface area contributed by atoms with Crippen LogP contribution in [0.2, 0.25) is 0 Å². The Bertz CT molecular complexity index is 1450. The SMILES string of the molecule is CNC[C@H](Cc1ccccc1)Nc1cc[nH]c(=O)c1-c1nc2c(C)cc(-n3ccnc3)cc2[nH]1. The van der Waals surface area contributed by atoms with Crippen LogP contribution in [0.5, 0.6) is 0 Å². The number of aryl methyl sites for hydroxylation is 1. The molecule has 0 saturated heterocycles. The highest BCUT2D eigenvalue weighted by molar-refractivity contribution is 5.86. The Labute approximate surface area is 197 Å². The minimum absolute atomic E-state index is 0.0897. The van der Waals surface area contributed by atoms with E-state index in [1.165, 1.54) is 5.56 Å². The molecule has 0 aliphatic carbocycles. The maximum Gasteiger partial charge on any atom is 0.261 e. The van der Waals surface area contributed by atoms with Crippen LogP contribution >= 0.6 is 0 Å². The molecule has 0 aliphatic heterocycles. The van der Waals surface area contributed by atoms with E-state index in [4.69, 9.17) is 4.98 Å². The zero-order valence-corrected chi connectivity index (χ0v) is 19.2. The fourth-order valence-electron chi connectivity index (χ4n) is 4.32. The lowest BCUT2D eigenvalue weighted by Crippen LogP contribution is -2.33. The molecule has 0 saturated carbocycles. The zero-order chi connectivity index (χ0) is 23.5. The third-order valence-corrected chi connectivity index (χ3v) is 5.90. The van der Waals surface area contributed by atoms with Crippen molar-refractivity contribution in [3.8, 4) is 17.1 Å². The molecule has 8 heteroatoms. The number of hydrogen-bond donors (Lipinski definition) is 4. The minimum atomic E-state index is -0.195. The van der Waals surface area contributed by atoms with E-state index in [-0.39, 0.29) is 11.6 Å². The smallest absolute Gasteiger partial charge is 0.261 e. The molecule has 0 spiro atoms. The molecule has 0 aliphatic rings. The summed E-state index contributed by atoms with van der Waals surface area (Å²) in [5, 5.41) is 6.83. The maximum absolute atomic E-state index is 13.0. The normalized spacial score (nSPS) is 12.2. The summed E-state index contributed by atoms with van der Waals surface area (Å²) >= 11 is 0. The molecule has 3 heterocycles. The van der Waals surface area contributed by atoms with Crippen LogP contribution in [0.1, 0.15) is 11.1 Å². The van der Waals surface area contributed by atoms with Crippen LogP contribution < -0.4 is 16.2 Å². The van der Waals surface area contributed by atoms with Gasteiger partial charge in [-0.3, -0.25) is 4.79 Å². The van der Waals surface area contributed by atoms with Crippen molar-refractivity contribution in [3.63, 3.8) is 0 Å². The quantitative estimate of drug-likeness (QED) is 0.287. The molecule has 0 amide bonds. The fourth-order valence-corrected chi connectivity index (χ4v) is 4.32. The van der Waals surface area contributed by atoms with E-state index in [1.807, 2.05) is 55.1 Å². The van der Waals surface area contributed by atoms with Gasteiger partial charge in [-0.1, -0.05) is 30.3 Å². The Morgan fingerprint density at radius 2 is 2.00 bits per heavy atom. The van der Waals surface area contributed by atoms with Crippen LogP contribution in [-0.4, -0.2) is 44.1 Å². The summed E-state index contributed by atoms with van der Waals surface area (Å²) in [4.78, 5) is 28.1. The second-order valence-electron chi connectivity index (χ2n) is 8.40. The van der Waals surface area contributed by atoms with E-state index in [0.717, 1.165) is 40.9 Å². The Morgan fingerprint density at radius 3 is 2.76 bits per heavy atom. The van der Waals surface area contributed by atoms with E-state index >= 15 is 0 Å². The summed E-state index contributed by atoms with van der Waals surface area (Å²) in [6.07, 6.45) is 7.89. The van der Waals surface area contributed by atoms with E-state index in [0.29, 0.717) is 11.4 Å². The summed E-state index contributed by atoms with van der Waals surface area (Å²) in [5.74, 6) is 0.535. The van der Waals surface area contributed by atoms with Gasteiger partial charge in [0.25, 0.3) is 5.56 Å². The van der Waals surface area contributed by atoms with Crippen molar-refractivity contribution in [2.45, 2.75) is 19.4 Å². The number of likely N-dealkylation sites (N-methyl/N-ethyl adjacent to an activating group) is 1. The molecular formula is C26H27N7O. The minimum Gasteiger partial charge on any atom is -0.380 e. The highest BCUT2D eigenvalue weighted by Crippen LogP contribution is 2.28. The molecule has 8 nitrogen and oxygen atoms in total. The maximum atomic E-state index is 13.0. The summed E-state index contributed by atoms with van der Waals surface area (Å²) in [5.41, 5.74) is 5.97. The van der Waals surface area contributed by atoms with Gasteiger partial charge in [0.2, 0.25) is 0 Å². The van der Waals surface area contributed by atoms with Crippen molar-refractivity contribution < 1.29 is 0 Å². The number of rotatable bonds is 8. The van der Waals surface area contributed by atoms with Crippen molar-refractivity contribution in [2.75, 3.05) is 18.9 Å². The summed E-state index contributed by atoms with van der Waals surface area (Å²) < 4.78 is 1.95. The number of H-pyrrole nitrogens is 2. The van der Waals surface area contributed by atoms with E-state index in [1.54, 1.807) is 18.7 Å². The molecule has 0 bridgehead atoms. The number of benzene rings is 2. The third kappa shape index (κ3) is 4.35. The van der Waals surface area contributed by atoms with Crippen molar-refractivity contribution in [2.24, 2.45) is 0 Å². The molecule has 0 radical (unpaired) electrons. The standard InChI is InChI=1S/C26H27N7O/c1-17-12-20(33-11-10-28-16-33)14-22-24(17)32-25(31-22)23-21(8-9-29-26(23)34)30-19(15-27-2)13-18-6-4-3-5-7-18/h3-12,14,16,19,27H,13,15H2,1-2H3,(H,31,32)(H2,29,30,34)/t19-/m0/s1. The van der Waals surface area contributed by atoms with Crippen LogP contribution in [0.3, 0.4) is 0 Å². The number of aromatic nitrogens is 5. The van der Waals surface area contributed by atoms with Crippen LogP contribution in [0.4, 0.5) is 5.69 Å². The second kappa shape index (κ2) is 9.36. The van der Waals surface area contributed by atoms with E-state index < -0.39 is 0 Å². The average molecular weight is 454 g/mol. The number of imidazole rings is 2. The van der Waals surface area contributed by atoms with Crippen molar-refractivity contribution >= 4 is 16.7 Å². The number of pyridine rings is 1. The van der Waals surface area contributed by atoms with Gasteiger partial charge in [-0.2, -0.15) is 0 Å².